The van der Waals surface area contributed by atoms with Crippen molar-refractivity contribution in [3.05, 3.63) is 88.2 Å². The van der Waals surface area contributed by atoms with Crippen LogP contribution in [-0.4, -0.2) is 29.0 Å². The molecular weight excluding hydrogens is 401 g/mol. The molecule has 3 nitrogen and oxygen atoms in total. The van der Waals surface area contributed by atoms with Crippen LogP contribution >= 0.6 is 23.2 Å². The zero-order valence-electron chi connectivity index (χ0n) is 16.3. The Balaban J connectivity index is 1.35. The van der Waals surface area contributed by atoms with Crippen LogP contribution in [0.4, 0.5) is 0 Å². The molecule has 1 N–H and O–H groups in total. The molecule has 0 saturated carbocycles. The molecule has 1 aliphatic rings. The molecule has 1 saturated heterocycles. The van der Waals surface area contributed by atoms with Gasteiger partial charge in [0.05, 0.1) is 10.0 Å². The zero-order valence-corrected chi connectivity index (χ0v) is 17.8. The molecule has 1 fully saturated rings. The molecule has 150 valence electrons. The lowest BCUT2D eigenvalue weighted by Crippen LogP contribution is -2.41. The molecular formula is C24H25Cl2N3. The molecule has 0 bridgehead atoms. The van der Waals surface area contributed by atoms with E-state index in [1.807, 2.05) is 30.6 Å². The van der Waals surface area contributed by atoms with Gasteiger partial charge < -0.3 is 5.32 Å². The number of piperidine rings is 1. The number of nitrogens with one attached hydrogen (secondary N) is 1. The Kier molecular flexibility index (Phi) is 6.83. The van der Waals surface area contributed by atoms with Crippen LogP contribution in [0.1, 0.15) is 24.0 Å². The molecule has 1 aromatic heterocycles. The highest BCUT2D eigenvalue weighted by Crippen LogP contribution is 2.31. The van der Waals surface area contributed by atoms with Crippen molar-refractivity contribution in [1.82, 2.24) is 15.2 Å². The van der Waals surface area contributed by atoms with Crippen molar-refractivity contribution >= 4 is 23.2 Å². The summed E-state index contributed by atoms with van der Waals surface area (Å²) in [5.41, 5.74) is 4.96. The standard InChI is InChI=1S/C24H25Cl2N3/c25-23-6-5-19(15-24(23)26)22-4-2-1-3-20(22)17-29-13-9-21(10-14-29)28-16-18-7-11-27-12-8-18/h1-8,11-12,15,21,28H,9-10,13-14,16-17H2. The average Bonchev–Trinajstić information content (AvgIpc) is 2.76. The van der Waals surface area contributed by atoms with Crippen LogP contribution in [-0.2, 0) is 13.1 Å². The van der Waals surface area contributed by atoms with E-state index in [1.54, 1.807) is 0 Å². The van der Waals surface area contributed by atoms with Crippen LogP contribution in [0.15, 0.2) is 67.0 Å². The number of nitrogens with zero attached hydrogens (tertiary/aromatic N) is 2. The SMILES string of the molecule is Clc1ccc(-c2ccccc2CN2CCC(NCc3ccncc3)CC2)cc1Cl. The number of likely N-dealkylation sites (tertiary alicyclic amines) is 1. The minimum absolute atomic E-state index is 0.574. The van der Waals surface area contributed by atoms with E-state index in [0.717, 1.165) is 31.7 Å². The molecule has 0 unspecified atom stereocenters. The fourth-order valence-electron chi connectivity index (χ4n) is 3.90. The Morgan fingerprint density at radius 1 is 0.931 bits per heavy atom. The maximum atomic E-state index is 6.25. The summed E-state index contributed by atoms with van der Waals surface area (Å²) in [6.45, 7) is 4.06. The van der Waals surface area contributed by atoms with Gasteiger partial charge in [-0.15, -0.1) is 0 Å². The Bertz CT molecular complexity index is 938. The second kappa shape index (κ2) is 9.73. The number of halogens is 2. The molecule has 0 spiro atoms. The van der Waals surface area contributed by atoms with Gasteiger partial charge in [-0.05, 0) is 72.5 Å². The van der Waals surface area contributed by atoms with Gasteiger partial charge in [0.1, 0.15) is 0 Å². The Labute approximate surface area is 182 Å². The van der Waals surface area contributed by atoms with Crippen LogP contribution in [0.3, 0.4) is 0 Å². The summed E-state index contributed by atoms with van der Waals surface area (Å²) >= 11 is 12.3. The Morgan fingerprint density at radius 3 is 2.45 bits per heavy atom. The Morgan fingerprint density at radius 2 is 1.69 bits per heavy atom. The Hall–Kier alpha value is -1.91. The predicted molar refractivity (Wildman–Crippen MR) is 121 cm³/mol. The number of aromatic nitrogens is 1. The van der Waals surface area contributed by atoms with Crippen molar-refractivity contribution in [2.75, 3.05) is 13.1 Å². The summed E-state index contributed by atoms with van der Waals surface area (Å²) in [6, 6.07) is 19.2. The maximum Gasteiger partial charge on any atom is 0.0598 e. The lowest BCUT2D eigenvalue weighted by atomic mass is 9.98. The maximum absolute atomic E-state index is 6.25. The highest BCUT2D eigenvalue weighted by Gasteiger charge is 2.20. The van der Waals surface area contributed by atoms with E-state index in [0.29, 0.717) is 16.1 Å². The highest BCUT2D eigenvalue weighted by atomic mass is 35.5. The first-order valence-electron chi connectivity index (χ1n) is 10.1. The van der Waals surface area contributed by atoms with Gasteiger partial charge in [-0.1, -0.05) is 53.5 Å². The van der Waals surface area contributed by atoms with Crippen LogP contribution in [0.25, 0.3) is 11.1 Å². The van der Waals surface area contributed by atoms with Crippen molar-refractivity contribution in [2.45, 2.75) is 32.0 Å². The lowest BCUT2D eigenvalue weighted by Gasteiger charge is -2.33. The van der Waals surface area contributed by atoms with Gasteiger partial charge >= 0.3 is 0 Å². The van der Waals surface area contributed by atoms with Gasteiger partial charge in [0.2, 0.25) is 0 Å². The summed E-state index contributed by atoms with van der Waals surface area (Å²) < 4.78 is 0. The molecule has 3 aromatic rings. The molecule has 2 aromatic carbocycles. The normalized spacial score (nSPS) is 15.5. The van der Waals surface area contributed by atoms with Crippen molar-refractivity contribution in [3.63, 3.8) is 0 Å². The fourth-order valence-corrected chi connectivity index (χ4v) is 4.20. The minimum atomic E-state index is 0.574. The number of pyridine rings is 1. The van der Waals surface area contributed by atoms with Crippen LogP contribution in [0.2, 0.25) is 10.0 Å². The van der Waals surface area contributed by atoms with Crippen LogP contribution in [0.5, 0.6) is 0 Å². The first-order chi connectivity index (χ1) is 14.2. The van der Waals surface area contributed by atoms with E-state index in [9.17, 15) is 0 Å². The zero-order chi connectivity index (χ0) is 20.1. The third-order valence-corrected chi connectivity index (χ3v) is 6.31. The predicted octanol–water partition coefficient (Wildman–Crippen LogP) is 5.81. The number of hydrogen-bond acceptors (Lipinski definition) is 3. The van der Waals surface area contributed by atoms with E-state index in [4.69, 9.17) is 23.2 Å². The quantitative estimate of drug-likeness (QED) is 0.539. The van der Waals surface area contributed by atoms with E-state index in [-0.39, 0.29) is 0 Å². The molecule has 0 atom stereocenters. The van der Waals surface area contributed by atoms with Gasteiger partial charge in [0.15, 0.2) is 0 Å². The molecule has 29 heavy (non-hydrogen) atoms. The highest BCUT2D eigenvalue weighted by molar-refractivity contribution is 6.42. The van der Waals surface area contributed by atoms with Crippen LogP contribution < -0.4 is 5.32 Å². The van der Waals surface area contributed by atoms with Crippen LogP contribution in [0, 0.1) is 0 Å². The summed E-state index contributed by atoms with van der Waals surface area (Å²) in [4.78, 5) is 6.62. The second-order valence-corrected chi connectivity index (χ2v) is 8.39. The molecule has 4 rings (SSSR count). The number of benzene rings is 2. The van der Waals surface area contributed by atoms with Gasteiger partial charge in [-0.25, -0.2) is 0 Å². The summed E-state index contributed by atoms with van der Waals surface area (Å²) in [7, 11) is 0. The first-order valence-corrected chi connectivity index (χ1v) is 10.8. The van der Waals surface area contributed by atoms with Crippen molar-refractivity contribution in [3.8, 4) is 11.1 Å². The monoisotopic (exact) mass is 425 g/mol. The third kappa shape index (κ3) is 5.37. The third-order valence-electron chi connectivity index (χ3n) is 5.57. The number of rotatable bonds is 6. The number of hydrogen-bond donors (Lipinski definition) is 1. The van der Waals surface area contributed by atoms with Crippen molar-refractivity contribution < 1.29 is 0 Å². The molecule has 0 radical (unpaired) electrons. The van der Waals surface area contributed by atoms with Crippen molar-refractivity contribution in [1.29, 1.82) is 0 Å². The summed E-state index contributed by atoms with van der Waals surface area (Å²) in [6.07, 6.45) is 6.04. The molecule has 0 amide bonds. The van der Waals surface area contributed by atoms with Gasteiger partial charge in [0.25, 0.3) is 0 Å². The van der Waals surface area contributed by atoms with Gasteiger partial charge in [-0.2, -0.15) is 0 Å². The fraction of sp³-hybridized carbons (Fsp3) is 0.292. The van der Waals surface area contributed by atoms with E-state index in [1.165, 1.54) is 29.5 Å². The molecule has 5 heteroatoms. The molecule has 1 aliphatic heterocycles. The lowest BCUT2D eigenvalue weighted by molar-refractivity contribution is 0.190. The summed E-state index contributed by atoms with van der Waals surface area (Å²) in [5.74, 6) is 0. The first kappa shape index (κ1) is 20.4. The minimum Gasteiger partial charge on any atom is -0.310 e. The smallest absolute Gasteiger partial charge is 0.0598 e. The molecule has 2 heterocycles. The van der Waals surface area contributed by atoms with E-state index >= 15 is 0 Å². The van der Waals surface area contributed by atoms with E-state index in [2.05, 4.69) is 51.6 Å². The average molecular weight is 426 g/mol. The van der Waals surface area contributed by atoms with Gasteiger partial charge in [-0.3, -0.25) is 9.88 Å². The van der Waals surface area contributed by atoms with Gasteiger partial charge in [0, 0.05) is 31.5 Å². The molecule has 0 aliphatic carbocycles. The summed E-state index contributed by atoms with van der Waals surface area (Å²) in [5, 5.41) is 4.88. The largest absolute Gasteiger partial charge is 0.310 e. The van der Waals surface area contributed by atoms with Crippen molar-refractivity contribution in [2.24, 2.45) is 0 Å². The van der Waals surface area contributed by atoms with E-state index < -0.39 is 0 Å². The topological polar surface area (TPSA) is 28.2 Å². The second-order valence-electron chi connectivity index (χ2n) is 7.57.